The molecule has 1 nitrogen and oxygen atoms in total. The van der Waals surface area contributed by atoms with Crippen molar-refractivity contribution in [2.45, 2.75) is 83.0 Å². The van der Waals surface area contributed by atoms with E-state index in [0.29, 0.717) is 12.3 Å². The summed E-state index contributed by atoms with van der Waals surface area (Å²) in [5, 5.41) is 8.95. The zero-order valence-corrected chi connectivity index (χ0v) is 17.3. The Bertz CT molecular complexity index is 625. The van der Waals surface area contributed by atoms with E-state index in [2.05, 4.69) is 30.4 Å². The van der Waals surface area contributed by atoms with Crippen molar-refractivity contribution in [2.75, 3.05) is 6.67 Å². The van der Waals surface area contributed by atoms with Crippen molar-refractivity contribution in [1.29, 1.82) is 5.26 Å². The molecule has 2 heteroatoms. The quantitative estimate of drug-likeness (QED) is 0.334. The molecule has 3 rings (SSSR count). The highest BCUT2D eigenvalue weighted by atomic mass is 19.1. The van der Waals surface area contributed by atoms with Crippen LogP contribution in [-0.4, -0.2) is 6.67 Å². The highest BCUT2D eigenvalue weighted by Crippen LogP contribution is 2.39. The van der Waals surface area contributed by atoms with Crippen LogP contribution in [-0.2, 0) is 0 Å². The SMILES string of the molecule is N#Cc1ccc([C@H]2CC[C@H](CC[C@H]3CC[C@H](C=CCCCF)CC3)CC2)cc1. The molecule has 0 aliphatic heterocycles. The number of halogens is 1. The summed E-state index contributed by atoms with van der Waals surface area (Å²) < 4.78 is 12.1. The fraction of sp³-hybridized carbons (Fsp3) is 0.654. The first-order chi connectivity index (χ1) is 13.8. The number of alkyl halides is 1. The first kappa shape index (κ1) is 21.1. The van der Waals surface area contributed by atoms with E-state index in [1.165, 1.54) is 69.8 Å². The van der Waals surface area contributed by atoms with Crippen LogP contribution < -0.4 is 0 Å². The van der Waals surface area contributed by atoms with Crippen molar-refractivity contribution in [1.82, 2.24) is 0 Å². The molecule has 2 saturated carbocycles. The average Bonchev–Trinajstić information content (AvgIpc) is 2.76. The molecule has 0 spiro atoms. The van der Waals surface area contributed by atoms with E-state index in [1.807, 2.05) is 12.1 Å². The largest absolute Gasteiger partial charge is 0.251 e. The van der Waals surface area contributed by atoms with Gasteiger partial charge in [-0.15, -0.1) is 0 Å². The summed E-state index contributed by atoms with van der Waals surface area (Å²) in [5.74, 6) is 3.31. The average molecular weight is 382 g/mol. The minimum atomic E-state index is -0.188. The van der Waals surface area contributed by atoms with Crippen molar-refractivity contribution in [3.05, 3.63) is 47.5 Å². The Morgan fingerprint density at radius 2 is 1.50 bits per heavy atom. The van der Waals surface area contributed by atoms with Crippen LogP contribution in [0.4, 0.5) is 4.39 Å². The fourth-order valence-corrected chi connectivity index (χ4v) is 5.24. The molecule has 2 fully saturated rings. The summed E-state index contributed by atoms with van der Waals surface area (Å²) in [7, 11) is 0. The summed E-state index contributed by atoms with van der Waals surface area (Å²) in [6, 6.07) is 10.5. The van der Waals surface area contributed by atoms with Gasteiger partial charge in [0.15, 0.2) is 0 Å². The van der Waals surface area contributed by atoms with Gasteiger partial charge in [0.1, 0.15) is 0 Å². The molecule has 0 aromatic heterocycles. The highest BCUT2D eigenvalue weighted by Gasteiger charge is 2.24. The standard InChI is InChI=1S/C26H36FN/c27-19-3-1-2-4-21-5-7-22(8-6-21)9-10-23-11-15-25(16-12-23)26-17-13-24(20-28)14-18-26/h2,4,13-14,17-18,21-23,25H,1,3,5-12,15-16,19H2/t21-,22-,23-,25-. The lowest BCUT2D eigenvalue weighted by molar-refractivity contribution is 0.246. The van der Waals surface area contributed by atoms with E-state index in [4.69, 9.17) is 5.26 Å². The molecule has 0 unspecified atom stereocenters. The molecule has 152 valence electrons. The lowest BCUT2D eigenvalue weighted by Crippen LogP contribution is -2.17. The zero-order valence-electron chi connectivity index (χ0n) is 17.3. The summed E-state index contributed by atoms with van der Waals surface area (Å²) in [5.41, 5.74) is 2.19. The molecule has 0 N–H and O–H groups in total. The van der Waals surface area contributed by atoms with Gasteiger partial charge >= 0.3 is 0 Å². The molecular weight excluding hydrogens is 345 g/mol. The molecule has 0 bridgehead atoms. The van der Waals surface area contributed by atoms with Gasteiger partial charge in [0.25, 0.3) is 0 Å². The number of unbranched alkanes of at least 4 members (excludes halogenated alkanes) is 1. The van der Waals surface area contributed by atoms with Gasteiger partial charge in [-0.1, -0.05) is 37.1 Å². The third-order valence-corrected chi connectivity index (χ3v) is 7.15. The van der Waals surface area contributed by atoms with Crippen LogP contribution in [0.5, 0.6) is 0 Å². The van der Waals surface area contributed by atoms with Gasteiger partial charge in [0, 0.05) is 0 Å². The monoisotopic (exact) mass is 381 g/mol. The number of rotatable bonds is 8. The zero-order chi connectivity index (χ0) is 19.6. The summed E-state index contributed by atoms with van der Waals surface area (Å²) in [6.45, 7) is -0.188. The van der Waals surface area contributed by atoms with Crippen LogP contribution in [0.3, 0.4) is 0 Å². The number of hydrogen-bond donors (Lipinski definition) is 0. The lowest BCUT2D eigenvalue weighted by Gasteiger charge is -2.31. The highest BCUT2D eigenvalue weighted by molar-refractivity contribution is 5.33. The molecule has 2 aliphatic rings. The molecule has 1 aromatic rings. The molecular formula is C26H36FN. The number of hydrogen-bond acceptors (Lipinski definition) is 1. The predicted molar refractivity (Wildman–Crippen MR) is 115 cm³/mol. The van der Waals surface area contributed by atoms with Crippen molar-refractivity contribution < 1.29 is 4.39 Å². The maximum absolute atomic E-state index is 12.1. The van der Waals surface area contributed by atoms with Crippen molar-refractivity contribution >= 4 is 0 Å². The van der Waals surface area contributed by atoms with Crippen LogP contribution in [0, 0.1) is 29.1 Å². The Morgan fingerprint density at radius 3 is 2.07 bits per heavy atom. The fourth-order valence-electron chi connectivity index (χ4n) is 5.24. The maximum Gasteiger partial charge on any atom is 0.0991 e. The molecule has 2 aliphatic carbocycles. The number of benzene rings is 1. The van der Waals surface area contributed by atoms with Crippen molar-refractivity contribution in [3.63, 3.8) is 0 Å². The molecule has 0 heterocycles. The Labute approximate surface area is 171 Å². The van der Waals surface area contributed by atoms with Gasteiger partial charge in [0.05, 0.1) is 18.3 Å². The normalized spacial score (nSPS) is 28.3. The van der Waals surface area contributed by atoms with Crippen LogP contribution in [0.1, 0.15) is 94.1 Å². The van der Waals surface area contributed by atoms with E-state index in [0.717, 1.165) is 29.7 Å². The van der Waals surface area contributed by atoms with Crippen LogP contribution in [0.25, 0.3) is 0 Å². The van der Waals surface area contributed by atoms with Crippen molar-refractivity contribution in [3.8, 4) is 6.07 Å². The Kier molecular flexibility index (Phi) is 8.59. The number of allylic oxidation sites excluding steroid dienone is 2. The molecule has 1 aromatic carbocycles. The first-order valence-electron chi connectivity index (χ1n) is 11.5. The van der Waals surface area contributed by atoms with E-state index in [1.54, 1.807) is 0 Å². The van der Waals surface area contributed by atoms with Gasteiger partial charge in [0.2, 0.25) is 0 Å². The van der Waals surface area contributed by atoms with Crippen LogP contribution in [0.2, 0.25) is 0 Å². The maximum atomic E-state index is 12.1. The van der Waals surface area contributed by atoms with Gasteiger partial charge in [-0.2, -0.15) is 5.26 Å². The second-order valence-electron chi connectivity index (χ2n) is 9.07. The topological polar surface area (TPSA) is 23.8 Å². The van der Waals surface area contributed by atoms with Gasteiger partial charge in [-0.25, -0.2) is 0 Å². The third kappa shape index (κ3) is 6.47. The summed E-state index contributed by atoms with van der Waals surface area (Å²) in [6.07, 6.45) is 19.8. The number of nitrogens with zero attached hydrogens (tertiary/aromatic N) is 1. The summed E-state index contributed by atoms with van der Waals surface area (Å²) >= 11 is 0. The van der Waals surface area contributed by atoms with Gasteiger partial charge in [-0.05, 0) is 106 Å². The minimum absolute atomic E-state index is 0.188. The first-order valence-corrected chi connectivity index (χ1v) is 11.5. The number of nitriles is 1. The Balaban J connectivity index is 1.31. The Morgan fingerprint density at radius 1 is 0.893 bits per heavy atom. The molecule has 0 amide bonds. The van der Waals surface area contributed by atoms with E-state index in [-0.39, 0.29) is 6.67 Å². The van der Waals surface area contributed by atoms with E-state index in [9.17, 15) is 4.39 Å². The molecule has 0 atom stereocenters. The summed E-state index contributed by atoms with van der Waals surface area (Å²) in [4.78, 5) is 0. The smallest absolute Gasteiger partial charge is 0.0991 e. The van der Waals surface area contributed by atoms with Crippen LogP contribution in [0.15, 0.2) is 36.4 Å². The van der Waals surface area contributed by atoms with E-state index < -0.39 is 0 Å². The molecule has 28 heavy (non-hydrogen) atoms. The molecule has 0 saturated heterocycles. The minimum Gasteiger partial charge on any atom is -0.251 e. The van der Waals surface area contributed by atoms with Crippen molar-refractivity contribution in [2.24, 2.45) is 17.8 Å². The molecule has 0 radical (unpaired) electrons. The second-order valence-corrected chi connectivity index (χ2v) is 9.07. The van der Waals surface area contributed by atoms with Crippen LogP contribution >= 0.6 is 0 Å². The van der Waals surface area contributed by atoms with Gasteiger partial charge < -0.3 is 0 Å². The lowest BCUT2D eigenvalue weighted by atomic mass is 9.74. The van der Waals surface area contributed by atoms with E-state index >= 15 is 0 Å². The third-order valence-electron chi connectivity index (χ3n) is 7.15. The Hall–Kier alpha value is -1.62. The predicted octanol–water partition coefficient (Wildman–Crippen LogP) is 7.72. The second kappa shape index (κ2) is 11.4. The van der Waals surface area contributed by atoms with Gasteiger partial charge in [-0.3, -0.25) is 4.39 Å².